The van der Waals surface area contributed by atoms with Crippen LogP contribution in [0.15, 0.2) is 67.3 Å². The van der Waals surface area contributed by atoms with E-state index in [9.17, 15) is 37.5 Å². The minimum Gasteiger partial charge on any atom is -0.477 e. The van der Waals surface area contributed by atoms with Crippen LogP contribution in [-0.2, 0) is 37.4 Å². The fourth-order valence-electron chi connectivity index (χ4n) is 6.71. The minimum atomic E-state index is -4.83. The van der Waals surface area contributed by atoms with Gasteiger partial charge >= 0.3 is 18.2 Å². The van der Waals surface area contributed by atoms with Crippen LogP contribution in [0.3, 0.4) is 0 Å². The lowest BCUT2D eigenvalue weighted by atomic mass is 10.1. The van der Waals surface area contributed by atoms with Crippen LogP contribution in [-0.4, -0.2) is 102 Å². The highest BCUT2D eigenvalue weighted by Crippen LogP contribution is 2.37. The topological polar surface area (TPSA) is 223 Å². The zero-order valence-electron chi connectivity index (χ0n) is 32.5. The van der Waals surface area contributed by atoms with Crippen molar-refractivity contribution >= 4 is 46.8 Å². The highest BCUT2D eigenvalue weighted by atomic mass is 35.5. The number of imidazole rings is 1. The van der Waals surface area contributed by atoms with E-state index in [0.29, 0.717) is 51.1 Å². The average molecular weight is 852 g/mol. The quantitative estimate of drug-likeness (QED) is 0.0808. The van der Waals surface area contributed by atoms with Gasteiger partial charge < -0.3 is 41.6 Å². The van der Waals surface area contributed by atoms with Gasteiger partial charge in [-0.15, -0.1) is 0 Å². The molecule has 4 aromatic heterocycles. The van der Waals surface area contributed by atoms with Crippen molar-refractivity contribution in [2.75, 3.05) is 50.3 Å². The molecule has 0 bridgehead atoms. The van der Waals surface area contributed by atoms with Crippen molar-refractivity contribution in [2.24, 2.45) is 12.8 Å². The van der Waals surface area contributed by atoms with Gasteiger partial charge in [-0.1, -0.05) is 11.6 Å². The summed E-state index contributed by atoms with van der Waals surface area (Å²) in [5, 5.41) is 18.5. The van der Waals surface area contributed by atoms with Crippen LogP contribution in [0, 0.1) is 0 Å². The molecule has 1 saturated heterocycles. The summed E-state index contributed by atoms with van der Waals surface area (Å²) in [6, 6.07) is 10.8. The number of nitrogens with one attached hydrogen (secondary N) is 2. The normalized spacial score (nSPS) is 13.0. The summed E-state index contributed by atoms with van der Waals surface area (Å²) in [5.41, 5.74) is 12.4. The summed E-state index contributed by atoms with van der Waals surface area (Å²) in [7, 11) is 1.39. The van der Waals surface area contributed by atoms with Gasteiger partial charge in [-0.05, 0) is 61.7 Å². The monoisotopic (exact) mass is 851 g/mol. The zero-order valence-corrected chi connectivity index (χ0v) is 33.2. The molecule has 7 N–H and O–H groups in total. The number of aliphatic carboxylic acids is 1. The molecule has 4 amide bonds. The second kappa shape index (κ2) is 18.6. The number of pyridine rings is 2. The molecule has 21 heteroatoms. The van der Waals surface area contributed by atoms with E-state index in [-0.39, 0.29) is 70.7 Å². The molecule has 1 fully saturated rings. The maximum atomic E-state index is 14.1. The number of nitrogens with zero attached hydrogens (tertiary/aromatic N) is 8. The summed E-state index contributed by atoms with van der Waals surface area (Å²) < 4.78 is 46.1. The number of urea groups is 1. The molecule has 6 rings (SSSR count). The standard InChI is InChI=1S/C39H42ClF3N12O5/c1-51-31(29-22-55(50-34(29)39(41,42)43)32-9-6-25(45)20-47-32)21-48-35(51)36(58)49-26-7-8-28(30(40)19-26)37(59)52-14-16-53(17-15-52)38(60)46-12-3-4-24-10-13-54(23-33(56)57)27(18-24)5-2-11-44/h6-10,13,18-22H,2-5,11-12,14-17,23,44-45H2,1H3,(H2-,46,49,56,57,58,59,60)/p+1. The van der Waals surface area contributed by atoms with E-state index in [1.165, 1.54) is 48.1 Å². The number of carbonyl (C=O) groups excluding carboxylic acids is 3. The van der Waals surface area contributed by atoms with Crippen LogP contribution >= 0.6 is 11.6 Å². The van der Waals surface area contributed by atoms with Gasteiger partial charge in [-0.3, -0.25) is 9.59 Å². The first-order valence-electron chi connectivity index (χ1n) is 18.9. The molecule has 1 aliphatic rings. The lowest BCUT2D eigenvalue weighted by molar-refractivity contribution is -0.693. The third-order valence-corrected chi connectivity index (χ3v) is 10.1. The predicted octanol–water partition coefficient (Wildman–Crippen LogP) is 3.54. The zero-order chi connectivity index (χ0) is 43.1. The van der Waals surface area contributed by atoms with Crippen LogP contribution in [0.25, 0.3) is 17.1 Å². The Morgan fingerprint density at radius 3 is 2.38 bits per heavy atom. The first-order valence-corrected chi connectivity index (χ1v) is 19.3. The number of hydrogen-bond acceptors (Lipinski definition) is 9. The number of aromatic nitrogens is 6. The van der Waals surface area contributed by atoms with Gasteiger partial charge in [0.2, 0.25) is 6.54 Å². The number of nitrogen functional groups attached to an aromatic ring is 1. The molecule has 0 atom stereocenters. The number of benzene rings is 1. The first kappa shape index (κ1) is 43.0. The number of rotatable bonds is 14. The molecule has 0 aliphatic carbocycles. The van der Waals surface area contributed by atoms with Crippen molar-refractivity contribution in [1.29, 1.82) is 0 Å². The summed E-state index contributed by atoms with van der Waals surface area (Å²) >= 11 is 6.51. The summed E-state index contributed by atoms with van der Waals surface area (Å²) in [5.74, 6) is -2.13. The molecular formula is C39H43ClF3N12O5+. The van der Waals surface area contributed by atoms with E-state index in [2.05, 4.69) is 25.7 Å². The molecule has 5 heterocycles. The van der Waals surface area contributed by atoms with Crippen molar-refractivity contribution in [3.05, 3.63) is 101 Å². The molecule has 1 aliphatic heterocycles. The van der Waals surface area contributed by atoms with Crippen molar-refractivity contribution in [2.45, 2.75) is 38.4 Å². The molecule has 17 nitrogen and oxygen atoms in total. The van der Waals surface area contributed by atoms with Gasteiger partial charge in [0.05, 0.1) is 39.9 Å². The summed E-state index contributed by atoms with van der Waals surface area (Å²) in [6.07, 6.45) is 3.24. The van der Waals surface area contributed by atoms with E-state index in [1.54, 1.807) is 20.6 Å². The fraction of sp³-hybridized carbons (Fsp3) is 0.333. The highest BCUT2D eigenvalue weighted by Gasteiger charge is 2.39. The Hall–Kier alpha value is -6.54. The van der Waals surface area contributed by atoms with Crippen LogP contribution in [0.4, 0.5) is 29.3 Å². The van der Waals surface area contributed by atoms with Crippen molar-refractivity contribution in [1.82, 2.24) is 39.4 Å². The highest BCUT2D eigenvalue weighted by molar-refractivity contribution is 6.34. The second-order valence-electron chi connectivity index (χ2n) is 14.0. The first-order chi connectivity index (χ1) is 28.6. The molecule has 0 saturated carbocycles. The predicted molar refractivity (Wildman–Crippen MR) is 213 cm³/mol. The van der Waals surface area contributed by atoms with E-state index in [0.717, 1.165) is 34.8 Å². The van der Waals surface area contributed by atoms with Gasteiger partial charge in [0.15, 0.2) is 29.2 Å². The largest absolute Gasteiger partial charge is 0.477 e. The van der Waals surface area contributed by atoms with E-state index in [1.807, 2.05) is 12.1 Å². The number of anilines is 2. The van der Waals surface area contributed by atoms with Gasteiger partial charge in [-0.25, -0.2) is 24.2 Å². The molecule has 0 radical (unpaired) electrons. The van der Waals surface area contributed by atoms with E-state index < -0.39 is 23.7 Å². The summed E-state index contributed by atoms with van der Waals surface area (Å²) in [4.78, 5) is 62.2. The number of nitrogens with two attached hydrogens (primary N) is 2. The van der Waals surface area contributed by atoms with E-state index in [4.69, 9.17) is 23.1 Å². The Kier molecular flexibility index (Phi) is 13.3. The number of amides is 4. The second-order valence-corrected chi connectivity index (χ2v) is 14.4. The lowest BCUT2D eigenvalue weighted by Crippen LogP contribution is -2.53. The Morgan fingerprint density at radius 1 is 0.967 bits per heavy atom. The number of hydrogen-bond donors (Lipinski definition) is 5. The number of halogens is 4. The Morgan fingerprint density at radius 2 is 1.72 bits per heavy atom. The Labute approximate surface area is 346 Å². The summed E-state index contributed by atoms with van der Waals surface area (Å²) in [6.45, 7) is 1.91. The molecule has 0 unspecified atom stereocenters. The van der Waals surface area contributed by atoms with Crippen molar-refractivity contribution in [3.8, 4) is 17.1 Å². The molecule has 0 spiro atoms. The lowest BCUT2D eigenvalue weighted by Gasteiger charge is -2.35. The molecule has 60 heavy (non-hydrogen) atoms. The van der Waals surface area contributed by atoms with Crippen LogP contribution in [0.5, 0.6) is 0 Å². The number of carboxylic acids is 1. The maximum Gasteiger partial charge on any atom is 0.435 e. The average Bonchev–Trinajstić information content (AvgIpc) is 3.83. The smallest absolute Gasteiger partial charge is 0.435 e. The Bertz CT molecular complexity index is 2380. The molecule has 316 valence electrons. The SMILES string of the molecule is Cn1c(-c2cn(-c3ccc(N)cn3)nc2C(F)(F)F)cnc1C(=O)Nc1ccc(C(=O)N2CCN(C(=O)NCCCc3cc[n+](CC(=O)O)c(CCCN)c3)CC2)c(Cl)c1. The molecule has 5 aromatic rings. The molecule has 1 aromatic carbocycles. The number of carbonyl (C=O) groups is 4. The third-order valence-electron chi connectivity index (χ3n) is 9.82. The van der Waals surface area contributed by atoms with Gasteiger partial charge in [0.1, 0.15) is 0 Å². The number of piperazine rings is 1. The maximum absolute atomic E-state index is 14.1. The van der Waals surface area contributed by atoms with Crippen LogP contribution in [0.2, 0.25) is 5.02 Å². The van der Waals surface area contributed by atoms with Gasteiger partial charge in [0.25, 0.3) is 11.8 Å². The minimum absolute atomic E-state index is 0.0309. The fourth-order valence-corrected chi connectivity index (χ4v) is 6.97. The number of carboxylic acid groups (broad SMARTS) is 1. The number of aryl methyl sites for hydroxylation is 2. The number of alkyl halides is 3. The van der Waals surface area contributed by atoms with Gasteiger partial charge in [-0.2, -0.15) is 22.8 Å². The van der Waals surface area contributed by atoms with Crippen LogP contribution < -0.4 is 26.7 Å². The van der Waals surface area contributed by atoms with Crippen LogP contribution in [0.1, 0.15) is 50.8 Å². The van der Waals surface area contributed by atoms with Gasteiger partial charge in [0, 0.05) is 70.2 Å². The van der Waals surface area contributed by atoms with E-state index >= 15 is 0 Å². The third kappa shape index (κ3) is 10.2. The Balaban J connectivity index is 1.01. The molecular weight excluding hydrogens is 809 g/mol. The van der Waals surface area contributed by atoms with Crippen molar-refractivity contribution < 1.29 is 42.0 Å². The van der Waals surface area contributed by atoms with Crippen molar-refractivity contribution in [3.63, 3.8) is 0 Å².